The number of halogens is 2. The lowest BCUT2D eigenvalue weighted by molar-refractivity contribution is 0.0393. The molecule has 2 rings (SSSR count). The van der Waals surface area contributed by atoms with Gasteiger partial charge in [-0.15, -0.1) is 10.2 Å². The van der Waals surface area contributed by atoms with Crippen LogP contribution in [0.5, 0.6) is 0 Å². The Morgan fingerprint density at radius 3 is 2.58 bits per heavy atom. The van der Waals surface area contributed by atoms with Crippen LogP contribution < -0.4 is 11.1 Å². The van der Waals surface area contributed by atoms with Crippen molar-refractivity contribution < 1.29 is 8.78 Å². The summed E-state index contributed by atoms with van der Waals surface area (Å²) in [5.41, 5.74) is 6.31. The predicted octanol–water partition coefficient (Wildman–Crippen LogP) is 0.706. The fraction of sp³-hybridized carbons (Fsp3) is 0.364. The van der Waals surface area contributed by atoms with E-state index in [0.29, 0.717) is 13.1 Å². The molecule has 1 aromatic heterocycles. The zero-order chi connectivity index (χ0) is 13.7. The largest absolute Gasteiger partial charge is 0.350 e. The maximum absolute atomic E-state index is 12.5. The number of benzene rings is 1. The van der Waals surface area contributed by atoms with E-state index in [1.54, 1.807) is 0 Å². The molecule has 19 heavy (non-hydrogen) atoms. The molecule has 3 N–H and O–H groups in total. The van der Waals surface area contributed by atoms with Crippen LogP contribution in [0, 0.1) is 0 Å². The molecule has 0 radical (unpaired) electrons. The van der Waals surface area contributed by atoms with Gasteiger partial charge in [0.2, 0.25) is 0 Å². The Morgan fingerprint density at radius 2 is 2.00 bits per heavy atom. The summed E-state index contributed by atoms with van der Waals surface area (Å²) in [7, 11) is 0. The minimum atomic E-state index is -2.80. The van der Waals surface area contributed by atoms with Gasteiger partial charge in [0.05, 0.1) is 6.04 Å². The lowest BCUT2D eigenvalue weighted by Gasteiger charge is -2.14. The highest BCUT2D eigenvalue weighted by Crippen LogP contribution is 2.18. The monoisotopic (exact) mass is 268 g/mol. The SMILES string of the molecule is NCCNC(c1ccccc1)c1nnn(C(F)F)n1. The second-order valence-electron chi connectivity index (χ2n) is 3.83. The predicted molar refractivity (Wildman–Crippen MR) is 64.4 cm³/mol. The molecule has 0 amide bonds. The van der Waals surface area contributed by atoms with E-state index in [4.69, 9.17) is 5.73 Å². The van der Waals surface area contributed by atoms with Gasteiger partial charge in [-0.05, 0) is 10.8 Å². The first-order valence-corrected chi connectivity index (χ1v) is 5.78. The normalized spacial score (nSPS) is 12.8. The fourth-order valence-corrected chi connectivity index (χ4v) is 1.67. The Labute approximate surface area is 108 Å². The van der Waals surface area contributed by atoms with Crippen LogP contribution in [0.1, 0.15) is 24.0 Å². The van der Waals surface area contributed by atoms with Gasteiger partial charge in [-0.1, -0.05) is 35.1 Å². The number of alkyl halides is 2. The van der Waals surface area contributed by atoms with Gasteiger partial charge >= 0.3 is 6.55 Å². The second kappa shape index (κ2) is 6.30. The summed E-state index contributed by atoms with van der Waals surface area (Å²) in [6.45, 7) is -1.86. The van der Waals surface area contributed by atoms with Crippen molar-refractivity contribution in [2.45, 2.75) is 12.6 Å². The summed E-state index contributed by atoms with van der Waals surface area (Å²) in [6.07, 6.45) is 0. The number of aromatic nitrogens is 4. The van der Waals surface area contributed by atoms with Crippen LogP contribution in [0.3, 0.4) is 0 Å². The first-order chi connectivity index (χ1) is 9.22. The molecular weight excluding hydrogens is 254 g/mol. The van der Waals surface area contributed by atoms with Crippen LogP contribution in [-0.4, -0.2) is 33.3 Å². The summed E-state index contributed by atoms with van der Waals surface area (Å²) >= 11 is 0. The number of nitrogens with zero attached hydrogens (tertiary/aromatic N) is 4. The van der Waals surface area contributed by atoms with Crippen molar-refractivity contribution in [3.05, 3.63) is 41.7 Å². The number of nitrogens with one attached hydrogen (secondary N) is 1. The molecule has 6 nitrogen and oxygen atoms in total. The van der Waals surface area contributed by atoms with Crippen LogP contribution in [0.2, 0.25) is 0 Å². The smallest absolute Gasteiger partial charge is 0.329 e. The second-order valence-corrected chi connectivity index (χ2v) is 3.83. The quantitative estimate of drug-likeness (QED) is 0.806. The van der Waals surface area contributed by atoms with Crippen LogP contribution in [0.25, 0.3) is 0 Å². The summed E-state index contributed by atoms with van der Waals surface area (Å²) in [4.78, 5) is 0.287. The fourth-order valence-electron chi connectivity index (χ4n) is 1.67. The van der Waals surface area contributed by atoms with Gasteiger partial charge in [0.25, 0.3) is 0 Å². The van der Waals surface area contributed by atoms with Crippen molar-refractivity contribution in [2.24, 2.45) is 5.73 Å². The maximum atomic E-state index is 12.5. The van der Waals surface area contributed by atoms with Gasteiger partial charge in [-0.25, -0.2) is 0 Å². The average molecular weight is 268 g/mol. The van der Waals surface area contributed by atoms with Gasteiger partial charge in [-0.3, -0.25) is 0 Å². The van der Waals surface area contributed by atoms with E-state index in [9.17, 15) is 8.78 Å². The molecule has 2 aromatic rings. The summed E-state index contributed by atoms with van der Waals surface area (Å²) in [6, 6.07) is 8.88. The Morgan fingerprint density at radius 1 is 1.26 bits per heavy atom. The van der Waals surface area contributed by atoms with E-state index in [0.717, 1.165) is 5.56 Å². The van der Waals surface area contributed by atoms with Gasteiger partial charge in [-0.2, -0.15) is 8.78 Å². The molecule has 0 bridgehead atoms. The molecule has 0 saturated carbocycles. The third kappa shape index (κ3) is 3.30. The molecule has 1 heterocycles. The van der Waals surface area contributed by atoms with Gasteiger partial charge in [0.1, 0.15) is 0 Å². The van der Waals surface area contributed by atoms with Gasteiger partial charge < -0.3 is 11.1 Å². The Hall–Kier alpha value is -1.93. The van der Waals surface area contributed by atoms with E-state index in [-0.39, 0.29) is 10.6 Å². The molecular formula is C11H14F2N6. The molecule has 102 valence electrons. The van der Waals surface area contributed by atoms with Gasteiger partial charge in [0, 0.05) is 13.1 Å². The number of tetrazole rings is 1. The molecule has 0 fully saturated rings. The van der Waals surface area contributed by atoms with Gasteiger partial charge in [0.15, 0.2) is 5.82 Å². The molecule has 1 aromatic carbocycles. The van der Waals surface area contributed by atoms with Crippen molar-refractivity contribution >= 4 is 0 Å². The van der Waals surface area contributed by atoms with Crippen molar-refractivity contribution in [1.29, 1.82) is 0 Å². The number of hydrogen-bond donors (Lipinski definition) is 2. The standard InChI is InChI=1S/C11H14F2N6/c12-11(13)19-17-10(16-18-19)9(15-7-6-14)8-4-2-1-3-5-8/h1-5,9,11,15H,6-7,14H2. The van der Waals surface area contributed by atoms with E-state index < -0.39 is 12.6 Å². The highest BCUT2D eigenvalue weighted by atomic mass is 19.3. The summed E-state index contributed by atoms with van der Waals surface area (Å²) in [5, 5.41) is 13.8. The zero-order valence-electron chi connectivity index (χ0n) is 10.1. The highest BCUT2D eigenvalue weighted by molar-refractivity contribution is 5.23. The Kier molecular flexibility index (Phi) is 4.48. The molecule has 8 heteroatoms. The maximum Gasteiger partial charge on any atom is 0.350 e. The van der Waals surface area contributed by atoms with Crippen molar-refractivity contribution in [2.75, 3.05) is 13.1 Å². The first kappa shape index (κ1) is 13.5. The molecule has 1 atom stereocenters. The topological polar surface area (TPSA) is 81.6 Å². The summed E-state index contributed by atoms with van der Waals surface area (Å²) < 4.78 is 24.9. The average Bonchev–Trinajstić information content (AvgIpc) is 2.90. The molecule has 0 spiro atoms. The Bertz CT molecular complexity index is 501. The molecule has 0 aliphatic carbocycles. The third-order valence-corrected chi connectivity index (χ3v) is 2.50. The van der Waals surface area contributed by atoms with E-state index >= 15 is 0 Å². The van der Waals surface area contributed by atoms with E-state index in [2.05, 4.69) is 20.7 Å². The highest BCUT2D eigenvalue weighted by Gasteiger charge is 2.20. The molecule has 0 aliphatic heterocycles. The van der Waals surface area contributed by atoms with Crippen molar-refractivity contribution in [3.8, 4) is 0 Å². The minimum Gasteiger partial charge on any atom is -0.329 e. The van der Waals surface area contributed by atoms with Crippen LogP contribution in [0.4, 0.5) is 8.78 Å². The summed E-state index contributed by atoms with van der Waals surface area (Å²) in [5.74, 6) is 0.194. The first-order valence-electron chi connectivity index (χ1n) is 5.78. The van der Waals surface area contributed by atoms with E-state index in [1.165, 1.54) is 0 Å². The number of nitrogens with two attached hydrogens (primary N) is 1. The molecule has 0 aliphatic rings. The zero-order valence-corrected chi connectivity index (χ0v) is 10.1. The van der Waals surface area contributed by atoms with Crippen molar-refractivity contribution in [1.82, 2.24) is 25.5 Å². The van der Waals surface area contributed by atoms with Crippen LogP contribution >= 0.6 is 0 Å². The lowest BCUT2D eigenvalue weighted by Crippen LogP contribution is -2.29. The minimum absolute atomic E-state index is 0.194. The van der Waals surface area contributed by atoms with Crippen LogP contribution in [0.15, 0.2) is 30.3 Å². The number of rotatable bonds is 6. The molecule has 0 saturated heterocycles. The lowest BCUT2D eigenvalue weighted by atomic mass is 10.1. The van der Waals surface area contributed by atoms with Crippen molar-refractivity contribution in [3.63, 3.8) is 0 Å². The van der Waals surface area contributed by atoms with E-state index in [1.807, 2.05) is 30.3 Å². The Balaban J connectivity index is 2.26. The van der Waals surface area contributed by atoms with Crippen LogP contribution in [-0.2, 0) is 0 Å². The number of hydrogen-bond acceptors (Lipinski definition) is 5. The molecule has 1 unspecified atom stereocenters. The third-order valence-electron chi connectivity index (χ3n) is 2.50.